The van der Waals surface area contributed by atoms with Gasteiger partial charge in [0.1, 0.15) is 11.4 Å². The number of carbonyl (C=O) groups excluding carboxylic acids is 2. The maximum absolute atomic E-state index is 12.6. The van der Waals surface area contributed by atoms with E-state index in [2.05, 4.69) is 0 Å². The lowest BCUT2D eigenvalue weighted by atomic mass is 10.2. The number of aromatic nitrogens is 2. The molecule has 0 aliphatic rings. The first-order valence-corrected chi connectivity index (χ1v) is 9.92. The van der Waals surface area contributed by atoms with Gasteiger partial charge in [0.25, 0.3) is 5.56 Å². The Morgan fingerprint density at radius 2 is 1.72 bits per heavy atom. The molecule has 0 spiro atoms. The van der Waals surface area contributed by atoms with Crippen LogP contribution in [-0.2, 0) is 23.1 Å². The summed E-state index contributed by atoms with van der Waals surface area (Å²) < 4.78 is 6.88. The Kier molecular flexibility index (Phi) is 7.07. The lowest BCUT2D eigenvalue weighted by molar-refractivity contribution is -0.136. The molecule has 0 bridgehead atoms. The number of ether oxygens (including phenoxy) is 1. The number of Topliss-reactive ketones (excluding diaryl/α,β-unsaturated/α-hetero) is 1. The summed E-state index contributed by atoms with van der Waals surface area (Å²) in [6.45, 7) is -0.629. The SMILES string of the molecule is Cn1c(=O)c(C(=O)COC(=O)C=Cc2ccc(Cl)cc2)c(N)n(Cc2ccccc2)c1=O. The highest BCUT2D eigenvalue weighted by molar-refractivity contribution is 6.30. The summed E-state index contributed by atoms with van der Waals surface area (Å²) in [5.41, 5.74) is 5.58. The van der Waals surface area contributed by atoms with Gasteiger partial charge in [-0.3, -0.25) is 18.7 Å². The van der Waals surface area contributed by atoms with E-state index in [-0.39, 0.29) is 12.4 Å². The number of benzene rings is 2. The number of halogens is 1. The summed E-state index contributed by atoms with van der Waals surface area (Å²) in [6.07, 6.45) is 2.64. The Balaban J connectivity index is 1.78. The second-order valence-electron chi connectivity index (χ2n) is 6.89. The number of nitrogen functional groups attached to an aromatic ring is 1. The van der Waals surface area contributed by atoms with Gasteiger partial charge in [0, 0.05) is 18.1 Å². The molecule has 164 valence electrons. The van der Waals surface area contributed by atoms with Gasteiger partial charge in [-0.25, -0.2) is 9.59 Å². The first-order chi connectivity index (χ1) is 15.3. The molecular weight excluding hydrogens is 434 g/mol. The lowest BCUT2D eigenvalue weighted by Crippen LogP contribution is -2.43. The third-order valence-electron chi connectivity index (χ3n) is 4.67. The van der Waals surface area contributed by atoms with E-state index in [1.807, 2.05) is 6.07 Å². The Morgan fingerprint density at radius 3 is 2.38 bits per heavy atom. The van der Waals surface area contributed by atoms with Crippen LogP contribution >= 0.6 is 11.6 Å². The number of nitrogens with two attached hydrogens (primary N) is 1. The second-order valence-corrected chi connectivity index (χ2v) is 7.33. The molecule has 0 fully saturated rings. The number of hydrogen-bond donors (Lipinski definition) is 1. The average Bonchev–Trinajstić information content (AvgIpc) is 2.79. The Hall–Kier alpha value is -3.91. The summed E-state index contributed by atoms with van der Waals surface area (Å²) in [7, 11) is 1.25. The van der Waals surface area contributed by atoms with Crippen molar-refractivity contribution in [1.82, 2.24) is 9.13 Å². The van der Waals surface area contributed by atoms with E-state index >= 15 is 0 Å². The van der Waals surface area contributed by atoms with Crippen molar-refractivity contribution in [1.29, 1.82) is 0 Å². The minimum absolute atomic E-state index is 0.0729. The quantitative estimate of drug-likeness (QED) is 0.333. The molecule has 0 radical (unpaired) electrons. The van der Waals surface area contributed by atoms with Crippen molar-refractivity contribution in [3.8, 4) is 0 Å². The fourth-order valence-corrected chi connectivity index (χ4v) is 3.09. The molecule has 1 aromatic heterocycles. The molecule has 0 unspecified atom stereocenters. The predicted octanol–water partition coefficient (Wildman–Crippen LogP) is 2.27. The van der Waals surface area contributed by atoms with Gasteiger partial charge < -0.3 is 10.5 Å². The van der Waals surface area contributed by atoms with Crippen LogP contribution in [0.5, 0.6) is 0 Å². The van der Waals surface area contributed by atoms with Gasteiger partial charge in [0.05, 0.1) is 6.54 Å². The number of rotatable bonds is 7. The lowest BCUT2D eigenvalue weighted by Gasteiger charge is -2.14. The number of esters is 1. The summed E-state index contributed by atoms with van der Waals surface area (Å²) >= 11 is 5.81. The van der Waals surface area contributed by atoms with Crippen LogP contribution in [0.1, 0.15) is 21.5 Å². The zero-order valence-electron chi connectivity index (χ0n) is 17.2. The molecule has 0 saturated carbocycles. The monoisotopic (exact) mass is 453 g/mol. The van der Waals surface area contributed by atoms with Crippen molar-refractivity contribution in [2.75, 3.05) is 12.3 Å². The summed E-state index contributed by atoms with van der Waals surface area (Å²) in [4.78, 5) is 49.7. The Labute approximate surface area is 188 Å². The number of anilines is 1. The minimum Gasteiger partial charge on any atom is -0.454 e. The van der Waals surface area contributed by atoms with E-state index < -0.39 is 35.2 Å². The predicted molar refractivity (Wildman–Crippen MR) is 122 cm³/mol. The third kappa shape index (κ3) is 5.22. The molecule has 2 N–H and O–H groups in total. The van der Waals surface area contributed by atoms with Crippen molar-refractivity contribution in [3.05, 3.63) is 103 Å². The normalized spacial score (nSPS) is 10.9. The molecule has 3 rings (SSSR count). The van der Waals surface area contributed by atoms with Crippen LogP contribution in [0.25, 0.3) is 6.08 Å². The fourth-order valence-electron chi connectivity index (χ4n) is 2.96. The standard InChI is InChI=1S/C23H20ClN3O5/c1-26-22(30)20(21(25)27(23(26)31)13-16-5-3-2-4-6-16)18(28)14-32-19(29)12-9-15-7-10-17(24)11-8-15/h2-12H,13-14,25H2,1H3. The smallest absolute Gasteiger partial charge is 0.332 e. The van der Waals surface area contributed by atoms with Crippen molar-refractivity contribution in [2.45, 2.75) is 6.54 Å². The van der Waals surface area contributed by atoms with Crippen molar-refractivity contribution >= 4 is 35.2 Å². The van der Waals surface area contributed by atoms with Gasteiger partial charge in [-0.2, -0.15) is 0 Å². The molecule has 0 amide bonds. The highest BCUT2D eigenvalue weighted by Crippen LogP contribution is 2.11. The Morgan fingerprint density at radius 1 is 1.06 bits per heavy atom. The highest BCUT2D eigenvalue weighted by Gasteiger charge is 2.22. The number of hydrogen-bond acceptors (Lipinski definition) is 6. The van der Waals surface area contributed by atoms with Crippen LogP contribution in [0.15, 0.2) is 70.3 Å². The molecule has 2 aromatic carbocycles. The summed E-state index contributed by atoms with van der Waals surface area (Å²) in [5, 5.41) is 0.558. The molecule has 9 heteroatoms. The van der Waals surface area contributed by atoms with Crippen LogP contribution < -0.4 is 17.0 Å². The number of nitrogens with zero attached hydrogens (tertiary/aromatic N) is 2. The second kappa shape index (κ2) is 9.93. The van der Waals surface area contributed by atoms with E-state index in [0.29, 0.717) is 10.6 Å². The van der Waals surface area contributed by atoms with Gasteiger partial charge in [-0.05, 0) is 29.3 Å². The summed E-state index contributed by atoms with van der Waals surface area (Å²) in [6, 6.07) is 15.7. The van der Waals surface area contributed by atoms with Gasteiger partial charge in [-0.1, -0.05) is 54.1 Å². The molecule has 8 nitrogen and oxygen atoms in total. The van der Waals surface area contributed by atoms with Crippen molar-refractivity contribution in [2.24, 2.45) is 7.05 Å². The molecule has 1 heterocycles. The average molecular weight is 454 g/mol. The van der Waals surface area contributed by atoms with Crippen LogP contribution in [0.4, 0.5) is 5.82 Å². The van der Waals surface area contributed by atoms with E-state index in [9.17, 15) is 19.2 Å². The van der Waals surface area contributed by atoms with E-state index in [1.165, 1.54) is 13.1 Å². The van der Waals surface area contributed by atoms with Crippen molar-refractivity contribution < 1.29 is 14.3 Å². The highest BCUT2D eigenvalue weighted by atomic mass is 35.5. The molecular formula is C23H20ClN3O5. The minimum atomic E-state index is -0.852. The molecule has 0 aliphatic carbocycles. The Bertz CT molecular complexity index is 1290. The maximum Gasteiger partial charge on any atom is 0.332 e. The number of carbonyl (C=O) groups is 2. The fraction of sp³-hybridized carbons (Fsp3) is 0.130. The van der Waals surface area contributed by atoms with Crippen LogP contribution in [-0.4, -0.2) is 27.5 Å². The van der Waals surface area contributed by atoms with E-state index in [4.69, 9.17) is 22.1 Å². The van der Waals surface area contributed by atoms with Gasteiger partial charge in [0.2, 0.25) is 5.78 Å². The molecule has 0 atom stereocenters. The topological polar surface area (TPSA) is 113 Å². The zero-order valence-corrected chi connectivity index (χ0v) is 17.9. The summed E-state index contributed by atoms with van der Waals surface area (Å²) in [5.74, 6) is -1.86. The van der Waals surface area contributed by atoms with E-state index in [0.717, 1.165) is 20.8 Å². The van der Waals surface area contributed by atoms with Gasteiger partial charge in [0.15, 0.2) is 6.61 Å². The molecule has 32 heavy (non-hydrogen) atoms. The van der Waals surface area contributed by atoms with Crippen LogP contribution in [0.3, 0.4) is 0 Å². The van der Waals surface area contributed by atoms with Crippen molar-refractivity contribution in [3.63, 3.8) is 0 Å². The van der Waals surface area contributed by atoms with Gasteiger partial charge >= 0.3 is 11.7 Å². The zero-order chi connectivity index (χ0) is 23.3. The molecule has 0 saturated heterocycles. The molecule has 0 aliphatic heterocycles. The molecule has 3 aromatic rings. The van der Waals surface area contributed by atoms with Crippen LogP contribution in [0.2, 0.25) is 5.02 Å². The van der Waals surface area contributed by atoms with Crippen LogP contribution in [0, 0.1) is 0 Å². The maximum atomic E-state index is 12.6. The van der Waals surface area contributed by atoms with Gasteiger partial charge in [-0.15, -0.1) is 0 Å². The van der Waals surface area contributed by atoms with E-state index in [1.54, 1.807) is 48.5 Å². The largest absolute Gasteiger partial charge is 0.454 e. The number of ketones is 1. The first-order valence-electron chi connectivity index (χ1n) is 9.54. The third-order valence-corrected chi connectivity index (χ3v) is 4.92. The first kappa shape index (κ1) is 22.8.